The Morgan fingerprint density at radius 1 is 1.29 bits per heavy atom. The van der Waals surface area contributed by atoms with Gasteiger partial charge >= 0.3 is 0 Å². The maximum atomic E-state index is 12.2. The average molecular weight is 317 g/mol. The van der Waals surface area contributed by atoms with Crippen molar-refractivity contribution in [2.75, 3.05) is 6.54 Å². The van der Waals surface area contributed by atoms with E-state index >= 15 is 0 Å². The SMILES string of the molecule is C[C@@](O)(CNC(=O)c1cc2ccccc2s1)c1cccs1. The van der Waals surface area contributed by atoms with Crippen molar-refractivity contribution in [1.82, 2.24) is 5.32 Å². The van der Waals surface area contributed by atoms with Gasteiger partial charge in [0.25, 0.3) is 5.91 Å². The van der Waals surface area contributed by atoms with Crippen molar-refractivity contribution in [3.63, 3.8) is 0 Å². The zero-order chi connectivity index (χ0) is 14.9. The lowest BCUT2D eigenvalue weighted by Crippen LogP contribution is -2.37. The Hall–Kier alpha value is -1.69. The Balaban J connectivity index is 1.72. The van der Waals surface area contributed by atoms with E-state index in [0.29, 0.717) is 4.88 Å². The van der Waals surface area contributed by atoms with Gasteiger partial charge < -0.3 is 10.4 Å². The minimum absolute atomic E-state index is 0.145. The zero-order valence-corrected chi connectivity index (χ0v) is 13.1. The van der Waals surface area contributed by atoms with Crippen LogP contribution in [0, 0.1) is 0 Å². The molecule has 2 N–H and O–H groups in total. The van der Waals surface area contributed by atoms with Gasteiger partial charge in [0.15, 0.2) is 0 Å². The molecule has 0 radical (unpaired) electrons. The number of carbonyl (C=O) groups excluding carboxylic acids is 1. The van der Waals surface area contributed by atoms with Crippen LogP contribution in [0.2, 0.25) is 0 Å². The van der Waals surface area contributed by atoms with Gasteiger partial charge in [0.2, 0.25) is 0 Å². The van der Waals surface area contributed by atoms with E-state index in [1.54, 1.807) is 6.92 Å². The van der Waals surface area contributed by atoms with Gasteiger partial charge in [-0.15, -0.1) is 22.7 Å². The Morgan fingerprint density at radius 2 is 2.10 bits per heavy atom. The second kappa shape index (κ2) is 5.60. The molecule has 108 valence electrons. The molecule has 0 bridgehead atoms. The highest BCUT2D eigenvalue weighted by molar-refractivity contribution is 7.20. The Labute approximate surface area is 130 Å². The van der Waals surface area contributed by atoms with E-state index in [4.69, 9.17) is 0 Å². The van der Waals surface area contributed by atoms with Gasteiger partial charge in [-0.05, 0) is 35.9 Å². The summed E-state index contributed by atoms with van der Waals surface area (Å²) in [6.07, 6.45) is 0. The lowest BCUT2D eigenvalue weighted by Gasteiger charge is -2.22. The monoisotopic (exact) mass is 317 g/mol. The summed E-state index contributed by atoms with van der Waals surface area (Å²) in [5, 5.41) is 16.2. The number of aliphatic hydroxyl groups is 1. The minimum Gasteiger partial charge on any atom is -0.383 e. The summed E-state index contributed by atoms with van der Waals surface area (Å²) < 4.78 is 1.09. The topological polar surface area (TPSA) is 49.3 Å². The highest BCUT2D eigenvalue weighted by Crippen LogP contribution is 2.26. The van der Waals surface area contributed by atoms with Crippen LogP contribution in [-0.4, -0.2) is 17.6 Å². The molecule has 1 amide bonds. The number of hydrogen-bond acceptors (Lipinski definition) is 4. The van der Waals surface area contributed by atoms with Crippen molar-refractivity contribution >= 4 is 38.7 Å². The molecule has 21 heavy (non-hydrogen) atoms. The van der Waals surface area contributed by atoms with Gasteiger partial charge in [-0.2, -0.15) is 0 Å². The lowest BCUT2D eigenvalue weighted by molar-refractivity contribution is 0.0558. The summed E-state index contributed by atoms with van der Waals surface area (Å²) in [6.45, 7) is 1.91. The quantitative estimate of drug-likeness (QED) is 0.772. The molecule has 0 saturated carbocycles. The van der Waals surface area contributed by atoms with Gasteiger partial charge in [0, 0.05) is 9.58 Å². The number of hydrogen-bond donors (Lipinski definition) is 2. The van der Waals surface area contributed by atoms with Crippen LogP contribution in [0.5, 0.6) is 0 Å². The van der Waals surface area contributed by atoms with E-state index in [1.165, 1.54) is 22.7 Å². The molecule has 3 aromatic rings. The first-order chi connectivity index (χ1) is 10.1. The predicted molar refractivity (Wildman–Crippen MR) is 88.0 cm³/mol. The third-order valence-electron chi connectivity index (χ3n) is 3.29. The third kappa shape index (κ3) is 3.00. The van der Waals surface area contributed by atoms with Crippen LogP contribution >= 0.6 is 22.7 Å². The zero-order valence-electron chi connectivity index (χ0n) is 11.5. The van der Waals surface area contributed by atoms with Gasteiger partial charge in [-0.25, -0.2) is 0 Å². The molecule has 0 saturated heterocycles. The summed E-state index contributed by atoms with van der Waals surface area (Å²) >= 11 is 2.94. The van der Waals surface area contributed by atoms with Crippen LogP contribution < -0.4 is 5.32 Å². The first-order valence-corrected chi connectivity index (χ1v) is 8.29. The molecule has 0 aliphatic heterocycles. The van der Waals surface area contributed by atoms with E-state index in [2.05, 4.69) is 5.32 Å². The fourth-order valence-corrected chi connectivity index (χ4v) is 3.87. The first kappa shape index (κ1) is 14.3. The molecule has 2 heterocycles. The highest BCUT2D eigenvalue weighted by Gasteiger charge is 2.25. The Morgan fingerprint density at radius 3 is 2.81 bits per heavy atom. The molecule has 0 aliphatic carbocycles. The van der Waals surface area contributed by atoms with E-state index < -0.39 is 5.60 Å². The van der Waals surface area contributed by atoms with Crippen LogP contribution in [0.4, 0.5) is 0 Å². The summed E-state index contributed by atoms with van der Waals surface area (Å²) in [7, 11) is 0. The molecule has 5 heteroatoms. The molecule has 1 aromatic carbocycles. The maximum absolute atomic E-state index is 12.2. The molecule has 3 nitrogen and oxygen atoms in total. The Kier molecular flexibility index (Phi) is 3.80. The van der Waals surface area contributed by atoms with Gasteiger partial charge in [-0.3, -0.25) is 4.79 Å². The van der Waals surface area contributed by atoms with Crippen molar-refractivity contribution in [2.24, 2.45) is 0 Å². The van der Waals surface area contributed by atoms with E-state index in [0.717, 1.165) is 15.0 Å². The molecule has 0 fully saturated rings. The van der Waals surface area contributed by atoms with E-state index in [1.807, 2.05) is 47.8 Å². The van der Waals surface area contributed by atoms with Crippen molar-refractivity contribution in [2.45, 2.75) is 12.5 Å². The van der Waals surface area contributed by atoms with Crippen LogP contribution in [0.25, 0.3) is 10.1 Å². The third-order valence-corrected chi connectivity index (χ3v) is 5.53. The highest BCUT2D eigenvalue weighted by atomic mass is 32.1. The fourth-order valence-electron chi connectivity index (χ4n) is 2.11. The molecule has 0 spiro atoms. The van der Waals surface area contributed by atoms with Gasteiger partial charge in [0.05, 0.1) is 11.4 Å². The smallest absolute Gasteiger partial charge is 0.261 e. The molecule has 0 aliphatic rings. The van der Waals surface area contributed by atoms with Gasteiger partial charge in [0.1, 0.15) is 5.60 Å². The van der Waals surface area contributed by atoms with Crippen molar-refractivity contribution in [1.29, 1.82) is 0 Å². The fraction of sp³-hybridized carbons (Fsp3) is 0.188. The normalized spacial score (nSPS) is 14.0. The molecule has 2 aromatic heterocycles. The summed E-state index contributed by atoms with van der Waals surface area (Å²) in [5.74, 6) is -0.145. The number of rotatable bonds is 4. The standard InChI is InChI=1S/C16H15NO2S2/c1-16(19,14-7-4-8-20-14)10-17-15(18)13-9-11-5-2-3-6-12(11)21-13/h2-9,19H,10H2,1H3,(H,17,18)/t16-/m1/s1. The number of nitrogens with one attached hydrogen (secondary N) is 1. The molecule has 1 atom stereocenters. The maximum Gasteiger partial charge on any atom is 0.261 e. The van der Waals surface area contributed by atoms with Crippen LogP contribution in [0.1, 0.15) is 21.5 Å². The summed E-state index contributed by atoms with van der Waals surface area (Å²) in [4.78, 5) is 13.7. The van der Waals surface area contributed by atoms with Crippen LogP contribution in [0.3, 0.4) is 0 Å². The van der Waals surface area contributed by atoms with Crippen LogP contribution in [-0.2, 0) is 5.60 Å². The summed E-state index contributed by atoms with van der Waals surface area (Å²) in [5.41, 5.74) is -1.04. The van der Waals surface area contributed by atoms with Crippen molar-refractivity contribution in [3.8, 4) is 0 Å². The average Bonchev–Trinajstić information content (AvgIpc) is 3.13. The summed E-state index contributed by atoms with van der Waals surface area (Å²) in [6, 6.07) is 13.6. The second-order valence-electron chi connectivity index (χ2n) is 5.08. The largest absolute Gasteiger partial charge is 0.383 e. The number of carbonyl (C=O) groups is 1. The molecule has 3 rings (SSSR count). The molecular formula is C16H15NO2S2. The van der Waals surface area contributed by atoms with Crippen molar-refractivity contribution < 1.29 is 9.90 Å². The lowest BCUT2D eigenvalue weighted by atomic mass is 10.1. The van der Waals surface area contributed by atoms with E-state index in [9.17, 15) is 9.90 Å². The number of thiophene rings is 2. The van der Waals surface area contributed by atoms with Crippen molar-refractivity contribution in [3.05, 3.63) is 57.6 Å². The molecular weight excluding hydrogens is 302 g/mol. The van der Waals surface area contributed by atoms with E-state index in [-0.39, 0.29) is 12.5 Å². The number of amides is 1. The number of benzene rings is 1. The second-order valence-corrected chi connectivity index (χ2v) is 7.11. The van der Waals surface area contributed by atoms with Gasteiger partial charge in [-0.1, -0.05) is 24.3 Å². The first-order valence-electron chi connectivity index (χ1n) is 6.59. The Bertz CT molecular complexity index is 727. The number of fused-ring (bicyclic) bond motifs is 1. The minimum atomic E-state index is -1.04. The van der Waals surface area contributed by atoms with Crippen LogP contribution in [0.15, 0.2) is 47.8 Å². The predicted octanol–water partition coefficient (Wildman–Crippen LogP) is 3.60. The molecule has 0 unspecified atom stereocenters.